The number of phenols is 1. The second-order valence-corrected chi connectivity index (χ2v) is 5.63. The van der Waals surface area contributed by atoms with Gasteiger partial charge in [-0.05, 0) is 42.7 Å². The average molecular weight is 259 g/mol. The lowest BCUT2D eigenvalue weighted by atomic mass is 9.69. The highest BCUT2D eigenvalue weighted by Gasteiger charge is 2.43. The fraction of sp³-hybridized carbons (Fsp3) is 0.562. The zero-order valence-electron chi connectivity index (χ0n) is 11.9. The highest BCUT2D eigenvalue weighted by atomic mass is 16.3. The van der Waals surface area contributed by atoms with Crippen molar-refractivity contribution in [3.8, 4) is 5.75 Å². The Labute approximate surface area is 114 Å². The molecule has 1 aromatic carbocycles. The number of hydrogen-bond acceptors (Lipinski definition) is 3. The van der Waals surface area contributed by atoms with Crippen LogP contribution < -0.4 is 0 Å². The normalized spacial score (nSPS) is 16.8. The molecule has 1 fully saturated rings. The smallest absolute Gasteiger partial charge is 0.235 e. The van der Waals surface area contributed by atoms with Gasteiger partial charge in [-0.2, -0.15) is 4.99 Å². The molecular formula is C16H21NO2. The van der Waals surface area contributed by atoms with Gasteiger partial charge in [0.2, 0.25) is 6.08 Å². The molecular weight excluding hydrogens is 238 g/mol. The van der Waals surface area contributed by atoms with E-state index in [1.165, 1.54) is 0 Å². The van der Waals surface area contributed by atoms with Crippen molar-refractivity contribution >= 4 is 6.08 Å². The standard InChI is InChI=1S/C16H21NO2/c1-4-12-6-7-13(11(2)3)14(15(12)19)16(17-10-18)8-5-9-16/h6-7,11,19H,4-5,8-9H2,1-3H3. The van der Waals surface area contributed by atoms with Crippen LogP contribution in [0.2, 0.25) is 0 Å². The molecule has 0 heterocycles. The lowest BCUT2D eigenvalue weighted by Gasteiger charge is -2.39. The zero-order valence-corrected chi connectivity index (χ0v) is 11.9. The summed E-state index contributed by atoms with van der Waals surface area (Å²) in [5, 5.41) is 10.6. The van der Waals surface area contributed by atoms with Crippen molar-refractivity contribution in [3.63, 3.8) is 0 Å². The number of isocyanates is 1. The fourth-order valence-electron chi connectivity index (χ4n) is 2.92. The van der Waals surface area contributed by atoms with Crippen LogP contribution in [0.1, 0.15) is 62.6 Å². The molecule has 102 valence electrons. The van der Waals surface area contributed by atoms with E-state index in [4.69, 9.17) is 0 Å². The third-order valence-electron chi connectivity index (χ3n) is 4.20. The van der Waals surface area contributed by atoms with Gasteiger partial charge >= 0.3 is 0 Å². The summed E-state index contributed by atoms with van der Waals surface area (Å²) in [5.74, 6) is 0.624. The van der Waals surface area contributed by atoms with Crippen LogP contribution in [0.3, 0.4) is 0 Å². The van der Waals surface area contributed by atoms with Crippen LogP contribution in [0.25, 0.3) is 0 Å². The van der Waals surface area contributed by atoms with Crippen LogP contribution in [0.4, 0.5) is 0 Å². The Kier molecular flexibility index (Phi) is 3.77. The summed E-state index contributed by atoms with van der Waals surface area (Å²) in [4.78, 5) is 14.8. The molecule has 3 heteroatoms. The van der Waals surface area contributed by atoms with Gasteiger partial charge in [-0.1, -0.05) is 32.9 Å². The molecule has 2 rings (SSSR count). The Balaban J connectivity index is 2.68. The molecule has 0 aliphatic heterocycles. The molecule has 0 unspecified atom stereocenters. The van der Waals surface area contributed by atoms with Crippen LogP contribution in [-0.2, 0) is 16.8 Å². The third kappa shape index (κ3) is 2.19. The van der Waals surface area contributed by atoms with Crippen LogP contribution >= 0.6 is 0 Å². The number of aryl methyl sites for hydroxylation is 1. The fourth-order valence-corrected chi connectivity index (χ4v) is 2.92. The summed E-state index contributed by atoms with van der Waals surface area (Å²) < 4.78 is 0. The largest absolute Gasteiger partial charge is 0.507 e. The number of aromatic hydroxyl groups is 1. The first-order chi connectivity index (χ1) is 9.05. The van der Waals surface area contributed by atoms with Crippen molar-refractivity contribution in [2.24, 2.45) is 4.99 Å². The van der Waals surface area contributed by atoms with Gasteiger partial charge in [0.25, 0.3) is 0 Å². The number of hydrogen-bond donors (Lipinski definition) is 1. The molecule has 0 saturated heterocycles. The summed E-state index contributed by atoms with van der Waals surface area (Å²) in [6.45, 7) is 6.21. The minimum Gasteiger partial charge on any atom is -0.507 e. The Morgan fingerprint density at radius 2 is 2.11 bits per heavy atom. The quantitative estimate of drug-likeness (QED) is 0.660. The van der Waals surface area contributed by atoms with Crippen molar-refractivity contribution in [2.45, 2.75) is 57.9 Å². The van der Waals surface area contributed by atoms with Crippen molar-refractivity contribution in [1.82, 2.24) is 0 Å². The second-order valence-electron chi connectivity index (χ2n) is 5.63. The molecule has 0 atom stereocenters. The monoisotopic (exact) mass is 259 g/mol. The van der Waals surface area contributed by atoms with Gasteiger partial charge in [-0.15, -0.1) is 0 Å². The Hall–Kier alpha value is -1.60. The third-order valence-corrected chi connectivity index (χ3v) is 4.20. The van der Waals surface area contributed by atoms with E-state index in [-0.39, 0.29) is 0 Å². The summed E-state index contributed by atoms with van der Waals surface area (Å²) in [6, 6.07) is 4.05. The number of phenolic OH excluding ortho intramolecular Hbond substituents is 1. The van der Waals surface area contributed by atoms with E-state index in [2.05, 4.69) is 24.9 Å². The van der Waals surface area contributed by atoms with Gasteiger partial charge in [0.05, 0.1) is 0 Å². The minimum absolute atomic E-state index is 0.297. The molecule has 0 bridgehead atoms. The van der Waals surface area contributed by atoms with Crippen molar-refractivity contribution in [3.05, 3.63) is 28.8 Å². The topological polar surface area (TPSA) is 49.7 Å². The van der Waals surface area contributed by atoms with E-state index in [1.807, 2.05) is 13.0 Å². The van der Waals surface area contributed by atoms with Crippen molar-refractivity contribution in [1.29, 1.82) is 0 Å². The maximum atomic E-state index is 10.8. The number of benzene rings is 1. The van der Waals surface area contributed by atoms with Gasteiger partial charge in [0.15, 0.2) is 0 Å². The summed E-state index contributed by atoms with van der Waals surface area (Å²) in [5.41, 5.74) is 2.34. The summed E-state index contributed by atoms with van der Waals surface area (Å²) in [7, 11) is 0. The van der Waals surface area contributed by atoms with E-state index in [0.29, 0.717) is 11.7 Å². The Bertz CT molecular complexity index is 524. The van der Waals surface area contributed by atoms with E-state index in [0.717, 1.165) is 42.4 Å². The first kappa shape index (κ1) is 13.8. The summed E-state index contributed by atoms with van der Waals surface area (Å²) in [6.07, 6.45) is 5.16. The van der Waals surface area contributed by atoms with Gasteiger partial charge in [0.1, 0.15) is 11.3 Å². The molecule has 1 aromatic rings. The van der Waals surface area contributed by atoms with Gasteiger partial charge < -0.3 is 5.11 Å². The van der Waals surface area contributed by atoms with Gasteiger partial charge in [-0.25, -0.2) is 4.79 Å². The number of aliphatic imine (C=N–C) groups is 1. The second kappa shape index (κ2) is 5.18. The predicted octanol–water partition coefficient (Wildman–Crippen LogP) is 3.79. The molecule has 1 saturated carbocycles. The summed E-state index contributed by atoms with van der Waals surface area (Å²) >= 11 is 0. The molecule has 0 spiro atoms. The maximum Gasteiger partial charge on any atom is 0.235 e. The van der Waals surface area contributed by atoms with E-state index in [1.54, 1.807) is 6.08 Å². The van der Waals surface area contributed by atoms with Crippen molar-refractivity contribution < 1.29 is 9.90 Å². The molecule has 0 amide bonds. The molecule has 0 aromatic heterocycles. The van der Waals surface area contributed by atoms with E-state index in [9.17, 15) is 9.90 Å². The number of nitrogens with zero attached hydrogens (tertiary/aromatic N) is 1. The number of rotatable bonds is 4. The van der Waals surface area contributed by atoms with Gasteiger partial charge in [0, 0.05) is 5.56 Å². The SMILES string of the molecule is CCc1ccc(C(C)C)c(C2(N=C=O)CCC2)c1O. The molecule has 19 heavy (non-hydrogen) atoms. The maximum absolute atomic E-state index is 10.8. The first-order valence-corrected chi connectivity index (χ1v) is 7.00. The molecule has 3 nitrogen and oxygen atoms in total. The van der Waals surface area contributed by atoms with Crippen LogP contribution in [-0.4, -0.2) is 11.2 Å². The molecule has 1 aliphatic carbocycles. The molecule has 1 N–H and O–H groups in total. The lowest BCUT2D eigenvalue weighted by Crippen LogP contribution is -2.33. The van der Waals surface area contributed by atoms with Gasteiger partial charge in [-0.3, -0.25) is 0 Å². The Morgan fingerprint density at radius 3 is 2.53 bits per heavy atom. The van der Waals surface area contributed by atoms with Crippen molar-refractivity contribution in [2.75, 3.05) is 0 Å². The van der Waals surface area contributed by atoms with Crippen LogP contribution in [0.15, 0.2) is 17.1 Å². The predicted molar refractivity (Wildman–Crippen MR) is 75.2 cm³/mol. The minimum atomic E-state index is -0.531. The average Bonchev–Trinajstić information content (AvgIpc) is 2.33. The Morgan fingerprint density at radius 1 is 1.42 bits per heavy atom. The van der Waals surface area contributed by atoms with E-state index < -0.39 is 5.54 Å². The zero-order chi connectivity index (χ0) is 14.0. The highest BCUT2D eigenvalue weighted by Crippen LogP contribution is 2.51. The first-order valence-electron chi connectivity index (χ1n) is 7.00. The molecule has 0 radical (unpaired) electrons. The van der Waals surface area contributed by atoms with Crippen LogP contribution in [0, 0.1) is 0 Å². The lowest BCUT2D eigenvalue weighted by molar-refractivity contribution is 0.245. The molecule has 1 aliphatic rings. The van der Waals surface area contributed by atoms with Crippen LogP contribution in [0.5, 0.6) is 5.75 Å². The van der Waals surface area contributed by atoms with E-state index >= 15 is 0 Å². The highest BCUT2D eigenvalue weighted by molar-refractivity contribution is 5.53. The number of carbonyl (C=O) groups excluding carboxylic acids is 1.